The molecular weight excluding hydrogens is 566 g/mol. The van der Waals surface area contributed by atoms with Crippen molar-refractivity contribution in [2.24, 2.45) is 0 Å². The van der Waals surface area contributed by atoms with Crippen molar-refractivity contribution >= 4 is 39.4 Å². The van der Waals surface area contributed by atoms with Gasteiger partial charge >= 0.3 is 137 Å². The van der Waals surface area contributed by atoms with Gasteiger partial charge in [-0.1, -0.05) is 22.6 Å². The second-order valence-electron chi connectivity index (χ2n) is 4.36. The first-order chi connectivity index (χ1) is 10.8. The zero-order valence-corrected chi connectivity index (χ0v) is 17.9. The van der Waals surface area contributed by atoms with Crippen LogP contribution in [0, 0.1) is 0 Å². The summed E-state index contributed by atoms with van der Waals surface area (Å²) in [5, 5.41) is 0. The van der Waals surface area contributed by atoms with Crippen LogP contribution in [-0.2, 0) is 16.8 Å². The van der Waals surface area contributed by atoms with Crippen LogP contribution in [0.3, 0.4) is 0 Å². The monoisotopic (exact) mass is 579 g/mol. The second-order valence-corrected chi connectivity index (χ2v) is 15.9. The molecular formula is C14H13I2O5S2-. The Labute approximate surface area is 158 Å². The summed E-state index contributed by atoms with van der Waals surface area (Å²) in [4.78, 5) is 2.24. The third-order valence-electron chi connectivity index (χ3n) is 2.87. The molecule has 0 fully saturated rings. The van der Waals surface area contributed by atoms with Gasteiger partial charge in [0.2, 0.25) is 0 Å². The molecule has 0 aliphatic carbocycles. The van der Waals surface area contributed by atoms with Crippen LogP contribution in [0.2, 0.25) is 0 Å². The Hall–Kier alpha value is -0.400. The van der Waals surface area contributed by atoms with Crippen molar-refractivity contribution in [2.45, 2.75) is 9.79 Å². The summed E-state index contributed by atoms with van der Waals surface area (Å²) in [7, 11) is -6.37. The van der Waals surface area contributed by atoms with Crippen molar-refractivity contribution in [2.75, 3.05) is 8.69 Å². The van der Waals surface area contributed by atoms with Gasteiger partial charge in [-0.25, -0.2) is 0 Å². The van der Waals surface area contributed by atoms with E-state index in [2.05, 4.69) is 0 Å². The molecule has 0 saturated carbocycles. The first-order valence-electron chi connectivity index (χ1n) is 6.21. The first kappa shape index (κ1) is 18.9. The van der Waals surface area contributed by atoms with Gasteiger partial charge in [0, 0.05) is 0 Å². The van der Waals surface area contributed by atoms with Gasteiger partial charge in [0.05, 0.1) is 0 Å². The second kappa shape index (κ2) is 7.66. The Bertz CT molecular complexity index is 798. The van der Waals surface area contributed by atoms with E-state index in [1.54, 1.807) is 29.2 Å². The summed E-state index contributed by atoms with van der Waals surface area (Å²) in [6, 6.07) is 12.3. The molecule has 9 heteroatoms. The van der Waals surface area contributed by atoms with E-state index in [1.807, 2.05) is 22.6 Å². The number of sulfone groups is 1. The average Bonchev–Trinajstić information content (AvgIpc) is 2.56. The molecule has 0 heterocycles. The van der Waals surface area contributed by atoms with Crippen LogP contribution in [0.15, 0.2) is 58.3 Å². The van der Waals surface area contributed by atoms with E-state index in [1.165, 1.54) is 24.3 Å². The number of ether oxygens (including phenoxy) is 1. The molecule has 23 heavy (non-hydrogen) atoms. The number of rotatable bonds is 6. The number of hydrogen-bond acceptors (Lipinski definition) is 5. The van der Waals surface area contributed by atoms with Gasteiger partial charge in [0.25, 0.3) is 0 Å². The van der Waals surface area contributed by atoms with Crippen LogP contribution < -0.4 is 24.6 Å². The average molecular weight is 579 g/mol. The number of halogens is 2. The Morgan fingerprint density at radius 2 is 1.30 bits per heavy atom. The van der Waals surface area contributed by atoms with Gasteiger partial charge in [0.15, 0.2) is 0 Å². The van der Waals surface area contributed by atoms with E-state index in [9.17, 15) is 16.8 Å². The van der Waals surface area contributed by atoms with Crippen molar-refractivity contribution in [3.63, 3.8) is 0 Å². The van der Waals surface area contributed by atoms with E-state index in [0.717, 1.165) is 0 Å². The van der Waals surface area contributed by atoms with Crippen molar-refractivity contribution in [3.8, 4) is 11.5 Å². The fourth-order valence-corrected chi connectivity index (χ4v) is 6.47. The third kappa shape index (κ3) is 4.79. The van der Waals surface area contributed by atoms with Gasteiger partial charge < -0.3 is 0 Å². The Balaban J connectivity index is 2.17. The van der Waals surface area contributed by atoms with Crippen molar-refractivity contribution < 1.29 is 41.4 Å². The normalized spacial score (nSPS) is 12.3. The van der Waals surface area contributed by atoms with Crippen LogP contribution in [0.25, 0.3) is 0 Å². The number of alkyl halides is 2. The Kier molecular flexibility index (Phi) is 6.30. The topological polar surface area (TPSA) is 77.5 Å². The van der Waals surface area contributed by atoms with Gasteiger partial charge in [0.1, 0.15) is 0 Å². The minimum absolute atomic E-state index is 0.0148. The summed E-state index contributed by atoms with van der Waals surface area (Å²) >= 11 is 0.888. The van der Waals surface area contributed by atoms with Crippen molar-refractivity contribution in [1.29, 1.82) is 0 Å². The fourth-order valence-electron chi connectivity index (χ4n) is 1.67. The van der Waals surface area contributed by atoms with Crippen LogP contribution in [0.1, 0.15) is 0 Å². The van der Waals surface area contributed by atoms with Gasteiger partial charge in [-0.2, -0.15) is 0 Å². The van der Waals surface area contributed by atoms with Gasteiger partial charge in [-0.05, 0) is 0 Å². The van der Waals surface area contributed by atoms with E-state index >= 15 is 0 Å². The molecule has 0 radical (unpaired) electrons. The van der Waals surface area contributed by atoms with Crippen molar-refractivity contribution in [3.05, 3.63) is 48.5 Å². The quantitative estimate of drug-likeness (QED) is 0.275. The maximum absolute atomic E-state index is 11.8. The zero-order chi connectivity index (χ0) is 17.1. The van der Waals surface area contributed by atoms with E-state index in [-0.39, 0.29) is 8.66 Å². The molecule has 0 bridgehead atoms. The molecule has 0 unspecified atom stereocenters. The summed E-state index contributed by atoms with van der Waals surface area (Å²) in [5.41, 5.74) is 0. The molecule has 0 saturated heterocycles. The SMILES string of the molecule is C[I-]S(=O)(=O)c1ccc(Oc2ccc(S(=O)(=O)CI)cc2)cc1. The van der Waals surface area contributed by atoms with Crippen molar-refractivity contribution in [1.82, 2.24) is 0 Å². The predicted octanol–water partition coefficient (Wildman–Crippen LogP) is 0.0526. The first-order valence-corrected chi connectivity index (χ1v) is 15.6. The molecule has 0 amide bonds. The molecule has 0 atom stereocenters. The summed E-state index contributed by atoms with van der Waals surface area (Å²) < 4.78 is 52.6. The van der Waals surface area contributed by atoms with Crippen LogP contribution in [0.5, 0.6) is 11.5 Å². The maximum atomic E-state index is 11.8. The van der Waals surface area contributed by atoms with Crippen LogP contribution in [-0.4, -0.2) is 25.5 Å². The summed E-state index contributed by atoms with van der Waals surface area (Å²) in [6.45, 7) is 0. The molecule has 0 aliphatic heterocycles. The van der Waals surface area contributed by atoms with Gasteiger partial charge in [-0.15, -0.1) is 0 Å². The molecule has 0 spiro atoms. The molecule has 2 aromatic rings. The summed E-state index contributed by atoms with van der Waals surface area (Å²) in [5.74, 6) is 0.971. The standard InChI is InChI=1S/C14H13I2O5S2/c1-16-23(19,20)14-8-4-12(5-9-14)21-11-2-6-13(7-3-11)22(17,18)10-15/h2-9H,10H2,1H3/q-1. The summed E-state index contributed by atoms with van der Waals surface area (Å²) in [6.07, 6.45) is 0. The van der Waals surface area contributed by atoms with Gasteiger partial charge in [-0.3, -0.25) is 0 Å². The van der Waals surface area contributed by atoms with Crippen LogP contribution >= 0.6 is 22.6 Å². The molecule has 126 valence electrons. The molecule has 0 aliphatic rings. The molecule has 0 N–H and O–H groups in total. The molecule has 2 aromatic carbocycles. The van der Waals surface area contributed by atoms with E-state index < -0.39 is 36.7 Å². The number of hydrogen-bond donors (Lipinski definition) is 0. The van der Waals surface area contributed by atoms with Crippen LogP contribution in [0.4, 0.5) is 0 Å². The third-order valence-corrected chi connectivity index (χ3v) is 12.9. The van der Waals surface area contributed by atoms with E-state index in [0.29, 0.717) is 16.4 Å². The minimum atomic E-state index is -3.25. The molecule has 0 aromatic heterocycles. The Morgan fingerprint density at radius 3 is 1.70 bits per heavy atom. The molecule has 5 nitrogen and oxygen atoms in total. The molecule has 2 rings (SSSR count). The Morgan fingerprint density at radius 1 is 0.870 bits per heavy atom. The number of benzene rings is 2. The zero-order valence-electron chi connectivity index (χ0n) is 11.9. The van der Waals surface area contributed by atoms with E-state index in [4.69, 9.17) is 4.74 Å². The predicted molar refractivity (Wildman–Crippen MR) is 92.1 cm³/mol. The fraction of sp³-hybridized carbons (Fsp3) is 0.143.